The van der Waals surface area contributed by atoms with E-state index < -0.39 is 11.9 Å². The number of nitriles is 1. The van der Waals surface area contributed by atoms with Crippen molar-refractivity contribution in [2.75, 3.05) is 7.05 Å². The first-order chi connectivity index (χ1) is 7.06. The van der Waals surface area contributed by atoms with E-state index in [0.29, 0.717) is 0 Å². The molecule has 0 heterocycles. The molecule has 1 aromatic rings. The van der Waals surface area contributed by atoms with Gasteiger partial charge in [-0.05, 0) is 6.07 Å². The maximum atomic E-state index is 13.5. The maximum Gasteiger partial charge on any atom is 0.407 e. The molecule has 0 radical (unpaired) electrons. The maximum absolute atomic E-state index is 13.5. The van der Waals surface area contributed by atoms with Crippen molar-refractivity contribution in [2.24, 2.45) is 0 Å². The highest BCUT2D eigenvalue weighted by molar-refractivity contribution is 5.64. The molecule has 15 heavy (non-hydrogen) atoms. The number of carbonyl (C=O) groups is 1. The Morgan fingerprint density at radius 1 is 1.67 bits per heavy atom. The summed E-state index contributed by atoms with van der Waals surface area (Å²) in [6.45, 7) is -0.0727. The molecule has 4 nitrogen and oxygen atoms in total. The number of hydrogen-bond donors (Lipinski definition) is 1. The minimum absolute atomic E-state index is 0.0727. The summed E-state index contributed by atoms with van der Waals surface area (Å²) in [5, 5.41) is 17.2. The van der Waals surface area contributed by atoms with Crippen LogP contribution >= 0.6 is 0 Å². The number of nitrogens with zero attached hydrogens (tertiary/aromatic N) is 2. The fourth-order valence-electron chi connectivity index (χ4n) is 1.11. The second-order valence-electron chi connectivity index (χ2n) is 3.03. The number of carboxylic acid groups (broad SMARTS) is 1. The van der Waals surface area contributed by atoms with Gasteiger partial charge in [-0.2, -0.15) is 5.26 Å². The summed E-state index contributed by atoms with van der Waals surface area (Å²) < 4.78 is 13.5. The average molecular weight is 208 g/mol. The summed E-state index contributed by atoms with van der Waals surface area (Å²) in [6.07, 6.45) is -1.14. The Morgan fingerprint density at radius 2 is 2.33 bits per heavy atom. The quantitative estimate of drug-likeness (QED) is 0.806. The molecule has 0 aliphatic carbocycles. The molecular formula is C10H9FN2O2. The number of amides is 1. The van der Waals surface area contributed by atoms with E-state index in [1.807, 2.05) is 0 Å². The number of hydrogen-bond acceptors (Lipinski definition) is 2. The van der Waals surface area contributed by atoms with Crippen LogP contribution < -0.4 is 0 Å². The van der Waals surface area contributed by atoms with Crippen LogP contribution in [0.15, 0.2) is 18.2 Å². The van der Waals surface area contributed by atoms with Gasteiger partial charge in [0.25, 0.3) is 0 Å². The third kappa shape index (κ3) is 2.44. The van der Waals surface area contributed by atoms with Crippen LogP contribution in [-0.4, -0.2) is 23.1 Å². The van der Waals surface area contributed by atoms with Crippen molar-refractivity contribution in [3.63, 3.8) is 0 Å². The summed E-state index contributed by atoms with van der Waals surface area (Å²) in [6, 6.07) is 6.02. The van der Waals surface area contributed by atoms with Crippen LogP contribution in [0.3, 0.4) is 0 Å². The van der Waals surface area contributed by atoms with Crippen LogP contribution in [0.5, 0.6) is 0 Å². The highest BCUT2D eigenvalue weighted by Gasteiger charge is 2.12. The lowest BCUT2D eigenvalue weighted by atomic mass is 10.1. The molecule has 0 aliphatic heterocycles. The second kappa shape index (κ2) is 4.42. The SMILES string of the molecule is CN(Cc1cccc(C#N)c1F)C(=O)O. The fourth-order valence-corrected chi connectivity index (χ4v) is 1.11. The van der Waals surface area contributed by atoms with Crippen molar-refractivity contribution in [3.8, 4) is 6.07 Å². The minimum atomic E-state index is -1.14. The first-order valence-electron chi connectivity index (χ1n) is 4.17. The Bertz CT molecular complexity index is 426. The van der Waals surface area contributed by atoms with Gasteiger partial charge in [0.15, 0.2) is 0 Å². The lowest BCUT2D eigenvalue weighted by molar-refractivity contribution is 0.153. The van der Waals surface area contributed by atoms with Crippen molar-refractivity contribution in [1.82, 2.24) is 4.90 Å². The lowest BCUT2D eigenvalue weighted by Gasteiger charge is -2.13. The molecule has 0 saturated carbocycles. The van der Waals surface area contributed by atoms with Crippen molar-refractivity contribution in [3.05, 3.63) is 35.1 Å². The van der Waals surface area contributed by atoms with Crippen LogP contribution in [0, 0.1) is 17.1 Å². The first kappa shape index (κ1) is 11.0. The fraction of sp³-hybridized carbons (Fsp3) is 0.200. The zero-order valence-corrected chi connectivity index (χ0v) is 8.07. The molecule has 0 fully saturated rings. The van der Waals surface area contributed by atoms with Crippen molar-refractivity contribution in [1.29, 1.82) is 5.26 Å². The smallest absolute Gasteiger partial charge is 0.407 e. The number of rotatable bonds is 2. The lowest BCUT2D eigenvalue weighted by Crippen LogP contribution is -2.24. The van der Waals surface area contributed by atoms with Gasteiger partial charge in [-0.3, -0.25) is 0 Å². The zero-order chi connectivity index (χ0) is 11.4. The van der Waals surface area contributed by atoms with Crippen LogP contribution in [0.4, 0.5) is 9.18 Å². The van der Waals surface area contributed by atoms with Gasteiger partial charge >= 0.3 is 6.09 Å². The van der Waals surface area contributed by atoms with Gasteiger partial charge in [0, 0.05) is 12.6 Å². The van der Waals surface area contributed by atoms with E-state index in [4.69, 9.17) is 10.4 Å². The van der Waals surface area contributed by atoms with Gasteiger partial charge in [-0.25, -0.2) is 9.18 Å². The van der Waals surface area contributed by atoms with Crippen molar-refractivity contribution >= 4 is 6.09 Å². The van der Waals surface area contributed by atoms with E-state index in [1.54, 1.807) is 6.07 Å². The molecule has 0 spiro atoms. The standard InChI is InChI=1S/C10H9FN2O2/c1-13(10(14)15)6-8-4-2-3-7(5-12)9(8)11/h2-4H,6H2,1H3,(H,14,15). The minimum Gasteiger partial charge on any atom is -0.465 e. The average Bonchev–Trinajstić information content (AvgIpc) is 2.21. The molecule has 78 valence electrons. The van der Waals surface area contributed by atoms with E-state index in [9.17, 15) is 9.18 Å². The van der Waals surface area contributed by atoms with Crippen LogP contribution in [-0.2, 0) is 6.54 Å². The molecule has 1 rings (SSSR count). The third-order valence-corrected chi connectivity index (χ3v) is 1.93. The van der Waals surface area contributed by atoms with E-state index in [-0.39, 0.29) is 17.7 Å². The predicted octanol–water partition coefficient (Wildman–Crippen LogP) is 1.81. The summed E-state index contributed by atoms with van der Waals surface area (Å²) in [7, 11) is 1.33. The van der Waals surface area contributed by atoms with Crippen LogP contribution in [0.2, 0.25) is 0 Å². The number of benzene rings is 1. The molecule has 0 saturated heterocycles. The Morgan fingerprint density at radius 3 is 2.87 bits per heavy atom. The molecule has 5 heteroatoms. The first-order valence-corrected chi connectivity index (χ1v) is 4.17. The van der Waals surface area contributed by atoms with E-state index in [1.165, 1.54) is 25.2 Å². The summed E-state index contributed by atoms with van der Waals surface area (Å²) in [5.41, 5.74) is 0.116. The molecule has 0 atom stereocenters. The molecule has 0 aromatic heterocycles. The predicted molar refractivity (Wildman–Crippen MR) is 50.6 cm³/mol. The topological polar surface area (TPSA) is 64.3 Å². The molecule has 1 aromatic carbocycles. The van der Waals surface area contributed by atoms with E-state index >= 15 is 0 Å². The van der Waals surface area contributed by atoms with Crippen LogP contribution in [0.25, 0.3) is 0 Å². The molecule has 0 aliphatic rings. The van der Waals surface area contributed by atoms with Gasteiger partial charge in [-0.15, -0.1) is 0 Å². The normalized spacial score (nSPS) is 9.40. The third-order valence-electron chi connectivity index (χ3n) is 1.93. The Hall–Kier alpha value is -2.09. The molecule has 0 unspecified atom stereocenters. The monoisotopic (exact) mass is 208 g/mol. The summed E-state index contributed by atoms with van der Waals surface area (Å²) in [5.74, 6) is -0.659. The van der Waals surface area contributed by atoms with Gasteiger partial charge in [0.05, 0.1) is 12.1 Å². The number of halogens is 1. The Kier molecular flexibility index (Phi) is 3.24. The van der Waals surface area contributed by atoms with Crippen LogP contribution in [0.1, 0.15) is 11.1 Å². The largest absolute Gasteiger partial charge is 0.465 e. The van der Waals surface area contributed by atoms with E-state index in [0.717, 1.165) is 4.90 Å². The van der Waals surface area contributed by atoms with E-state index in [2.05, 4.69) is 0 Å². The molecule has 0 bridgehead atoms. The summed E-state index contributed by atoms with van der Waals surface area (Å²) in [4.78, 5) is 11.5. The molecular weight excluding hydrogens is 199 g/mol. The highest BCUT2D eigenvalue weighted by Crippen LogP contribution is 2.13. The molecule has 1 amide bonds. The highest BCUT2D eigenvalue weighted by atomic mass is 19.1. The summed E-state index contributed by atoms with van der Waals surface area (Å²) >= 11 is 0. The Labute approximate surface area is 86.2 Å². The zero-order valence-electron chi connectivity index (χ0n) is 8.07. The van der Waals surface area contributed by atoms with Gasteiger partial charge in [0.2, 0.25) is 0 Å². The molecule has 1 N–H and O–H groups in total. The van der Waals surface area contributed by atoms with Gasteiger partial charge in [-0.1, -0.05) is 12.1 Å². The van der Waals surface area contributed by atoms with Gasteiger partial charge in [0.1, 0.15) is 11.9 Å². The Balaban J connectivity index is 2.97. The van der Waals surface area contributed by atoms with Gasteiger partial charge < -0.3 is 10.0 Å². The van der Waals surface area contributed by atoms with Crippen molar-refractivity contribution < 1.29 is 14.3 Å². The second-order valence-corrected chi connectivity index (χ2v) is 3.03. The van der Waals surface area contributed by atoms with Crippen molar-refractivity contribution in [2.45, 2.75) is 6.54 Å².